The van der Waals surface area contributed by atoms with E-state index in [0.29, 0.717) is 18.0 Å². The highest BCUT2D eigenvalue weighted by molar-refractivity contribution is 8.15. The van der Waals surface area contributed by atoms with E-state index in [-0.39, 0.29) is 22.8 Å². The van der Waals surface area contributed by atoms with Gasteiger partial charge in [-0.25, -0.2) is 9.79 Å². The molecule has 2 aliphatic carbocycles. The van der Waals surface area contributed by atoms with Gasteiger partial charge in [0, 0.05) is 6.04 Å². The summed E-state index contributed by atoms with van der Waals surface area (Å²) in [5.41, 5.74) is 2.08. The maximum absolute atomic E-state index is 13.5. The molecule has 1 amide bonds. The fourth-order valence-corrected chi connectivity index (χ4v) is 6.38. The van der Waals surface area contributed by atoms with Crippen LogP contribution in [0.3, 0.4) is 0 Å². The largest absolute Gasteiger partial charge is 0.478 e. The first-order chi connectivity index (χ1) is 14.6. The molecule has 1 aliphatic heterocycles. The molecular weight excluding hydrogens is 396 g/mol. The Bertz CT molecular complexity index is 989. The topological polar surface area (TPSA) is 70.0 Å². The fraction of sp³-hybridized carbons (Fsp3) is 0.375. The maximum Gasteiger partial charge on any atom is 0.335 e. The Balaban J connectivity index is 1.44. The number of carboxylic acid groups (broad SMARTS) is 1. The molecule has 3 fully saturated rings. The molecule has 0 aromatic heterocycles. The molecule has 5 nitrogen and oxygen atoms in total. The third-order valence-electron chi connectivity index (χ3n) is 6.60. The van der Waals surface area contributed by atoms with E-state index >= 15 is 0 Å². The van der Waals surface area contributed by atoms with E-state index in [1.165, 1.54) is 19.3 Å². The molecule has 30 heavy (non-hydrogen) atoms. The first-order valence-electron chi connectivity index (χ1n) is 10.5. The van der Waals surface area contributed by atoms with Crippen LogP contribution in [0.15, 0.2) is 59.6 Å². The highest BCUT2D eigenvalue weighted by Gasteiger charge is 2.49. The number of fused-ring (bicyclic) bond motifs is 2. The summed E-state index contributed by atoms with van der Waals surface area (Å²) in [4.78, 5) is 31.4. The van der Waals surface area contributed by atoms with Gasteiger partial charge in [-0.3, -0.25) is 9.69 Å². The number of carbonyl (C=O) groups excluding carboxylic acids is 1. The van der Waals surface area contributed by atoms with Crippen LogP contribution in [-0.4, -0.2) is 38.3 Å². The number of hydrogen-bond donors (Lipinski definition) is 1. The Morgan fingerprint density at radius 1 is 1.07 bits per heavy atom. The van der Waals surface area contributed by atoms with Gasteiger partial charge in [-0.1, -0.05) is 48.5 Å². The van der Waals surface area contributed by atoms with Crippen molar-refractivity contribution in [3.05, 3.63) is 65.7 Å². The Kier molecular flexibility index (Phi) is 5.11. The van der Waals surface area contributed by atoms with Gasteiger partial charge in [-0.15, -0.1) is 0 Å². The molecule has 154 valence electrons. The number of benzene rings is 2. The Hall–Kier alpha value is -2.60. The van der Waals surface area contributed by atoms with Crippen molar-refractivity contribution in [3.63, 3.8) is 0 Å². The van der Waals surface area contributed by atoms with Crippen LogP contribution in [0.25, 0.3) is 0 Å². The zero-order valence-electron chi connectivity index (χ0n) is 16.6. The molecule has 2 bridgehead atoms. The monoisotopic (exact) mass is 420 g/mol. The lowest BCUT2D eigenvalue weighted by Gasteiger charge is -2.31. The number of aromatic carboxylic acids is 1. The molecule has 2 aromatic carbocycles. The van der Waals surface area contributed by atoms with Crippen molar-refractivity contribution in [3.8, 4) is 0 Å². The second-order valence-electron chi connectivity index (χ2n) is 8.49. The molecule has 5 rings (SSSR count). The summed E-state index contributed by atoms with van der Waals surface area (Å²) in [5.74, 6) is 0.533. The summed E-state index contributed by atoms with van der Waals surface area (Å²) < 4.78 is 0. The molecule has 0 unspecified atom stereocenters. The summed E-state index contributed by atoms with van der Waals surface area (Å²) in [6.07, 6.45) is 5.48. The number of hydrogen-bond acceptors (Lipinski definition) is 4. The number of carbonyl (C=O) groups is 2. The molecule has 1 heterocycles. The van der Waals surface area contributed by atoms with Crippen LogP contribution in [0.4, 0.5) is 5.69 Å². The van der Waals surface area contributed by atoms with Gasteiger partial charge in [0.05, 0.1) is 16.5 Å². The minimum Gasteiger partial charge on any atom is -0.478 e. The smallest absolute Gasteiger partial charge is 0.335 e. The normalized spacial score (nSPS) is 29.1. The van der Waals surface area contributed by atoms with Gasteiger partial charge in [0.1, 0.15) is 0 Å². The van der Waals surface area contributed by atoms with Crippen LogP contribution in [0.1, 0.15) is 41.6 Å². The van der Waals surface area contributed by atoms with Crippen LogP contribution < -0.4 is 0 Å². The molecule has 2 aromatic rings. The average Bonchev–Trinajstić information content (AvgIpc) is 3.45. The number of amidine groups is 1. The maximum atomic E-state index is 13.5. The predicted molar refractivity (Wildman–Crippen MR) is 118 cm³/mol. The molecule has 1 N–H and O–H groups in total. The van der Waals surface area contributed by atoms with E-state index < -0.39 is 5.97 Å². The van der Waals surface area contributed by atoms with Gasteiger partial charge in [0.2, 0.25) is 5.91 Å². The van der Waals surface area contributed by atoms with E-state index in [1.54, 1.807) is 36.0 Å². The molecule has 2 saturated carbocycles. The number of nitrogens with zero attached hydrogens (tertiary/aromatic N) is 2. The van der Waals surface area contributed by atoms with Gasteiger partial charge in [-0.2, -0.15) is 0 Å². The SMILES string of the molecule is O=C(O)c1ccc(N=C2S[C@H](Cc3ccccc3)C(=O)N2[C@@H]2C[C@@H]3CC[C@@H]2C3)cc1. The number of thioether (sulfide) groups is 1. The van der Waals surface area contributed by atoms with Crippen molar-refractivity contribution in [1.82, 2.24) is 4.90 Å². The van der Waals surface area contributed by atoms with Crippen LogP contribution in [0.5, 0.6) is 0 Å². The lowest BCUT2D eigenvalue weighted by molar-refractivity contribution is -0.128. The van der Waals surface area contributed by atoms with Crippen molar-refractivity contribution in [1.29, 1.82) is 0 Å². The van der Waals surface area contributed by atoms with E-state index in [4.69, 9.17) is 10.1 Å². The van der Waals surface area contributed by atoms with E-state index in [1.807, 2.05) is 23.1 Å². The third-order valence-corrected chi connectivity index (χ3v) is 7.75. The molecule has 1 saturated heterocycles. The van der Waals surface area contributed by atoms with Crippen molar-refractivity contribution >= 4 is 34.5 Å². The van der Waals surface area contributed by atoms with Crippen LogP contribution in [0, 0.1) is 11.8 Å². The standard InChI is InChI=1S/C24H24N2O3S/c27-22-21(14-15-4-2-1-3-5-15)30-24(25-19-10-8-17(9-11-19)23(28)29)26(22)20-13-16-6-7-18(20)12-16/h1-5,8-11,16,18,20-21H,6-7,12-14H2,(H,28,29)/t16-,18-,20-,21-/m1/s1. The van der Waals surface area contributed by atoms with E-state index in [9.17, 15) is 9.59 Å². The lowest BCUT2D eigenvalue weighted by atomic mass is 9.94. The van der Waals surface area contributed by atoms with Crippen molar-refractivity contribution in [2.45, 2.75) is 43.4 Å². The second-order valence-corrected chi connectivity index (χ2v) is 9.66. The molecule has 6 heteroatoms. The van der Waals surface area contributed by atoms with Gasteiger partial charge in [0.15, 0.2) is 5.17 Å². The highest BCUT2D eigenvalue weighted by atomic mass is 32.2. The van der Waals surface area contributed by atoms with Crippen LogP contribution in [-0.2, 0) is 11.2 Å². The molecule has 0 spiro atoms. The molecule has 3 aliphatic rings. The number of amides is 1. The molecule has 4 atom stereocenters. The zero-order valence-corrected chi connectivity index (χ0v) is 17.4. The second kappa shape index (κ2) is 7.91. The van der Waals surface area contributed by atoms with Crippen molar-refractivity contribution in [2.24, 2.45) is 16.8 Å². The molecular formula is C24H24N2O3S. The minimum atomic E-state index is -0.953. The number of rotatable bonds is 5. The average molecular weight is 421 g/mol. The van der Waals surface area contributed by atoms with Gasteiger partial charge >= 0.3 is 5.97 Å². The summed E-state index contributed by atoms with van der Waals surface area (Å²) in [6.45, 7) is 0. The zero-order chi connectivity index (χ0) is 20.7. The third kappa shape index (κ3) is 3.65. The minimum absolute atomic E-state index is 0.163. The summed E-state index contributed by atoms with van der Waals surface area (Å²) >= 11 is 1.55. The first-order valence-corrected chi connectivity index (χ1v) is 11.4. The predicted octanol–water partition coefficient (Wildman–Crippen LogP) is 4.75. The van der Waals surface area contributed by atoms with Gasteiger partial charge in [0.25, 0.3) is 0 Å². The number of carboxylic acids is 1. The van der Waals surface area contributed by atoms with Gasteiger partial charge < -0.3 is 5.11 Å². The Morgan fingerprint density at radius 2 is 1.83 bits per heavy atom. The van der Waals surface area contributed by atoms with Crippen LogP contribution >= 0.6 is 11.8 Å². The van der Waals surface area contributed by atoms with Crippen LogP contribution in [0.2, 0.25) is 0 Å². The Morgan fingerprint density at radius 3 is 2.47 bits per heavy atom. The first kappa shape index (κ1) is 19.4. The lowest BCUT2D eigenvalue weighted by Crippen LogP contribution is -2.44. The summed E-state index contributed by atoms with van der Waals surface area (Å²) in [5, 5.41) is 9.72. The highest BCUT2D eigenvalue weighted by Crippen LogP contribution is 2.49. The van der Waals surface area contributed by atoms with Crippen molar-refractivity contribution < 1.29 is 14.7 Å². The molecule has 0 radical (unpaired) electrons. The van der Waals surface area contributed by atoms with Crippen molar-refractivity contribution in [2.75, 3.05) is 0 Å². The summed E-state index contributed by atoms with van der Waals surface area (Å²) in [6, 6.07) is 16.9. The van der Waals surface area contributed by atoms with E-state index in [2.05, 4.69) is 12.1 Å². The van der Waals surface area contributed by atoms with Gasteiger partial charge in [-0.05, 0) is 67.3 Å². The van der Waals surface area contributed by atoms with E-state index in [0.717, 1.165) is 23.1 Å². The fourth-order valence-electron chi connectivity index (χ4n) is 5.14. The Labute approximate surface area is 180 Å². The summed E-state index contributed by atoms with van der Waals surface area (Å²) in [7, 11) is 0. The quantitative estimate of drug-likeness (QED) is 0.758. The number of aliphatic imine (C=N–C) groups is 1.